The molecule has 6 nitrogen and oxygen atoms in total. The van der Waals surface area contributed by atoms with Crippen LogP contribution in [0.15, 0.2) is 5.16 Å². The molecule has 17 heavy (non-hydrogen) atoms. The molecular formula is C11H16N2O4. The van der Waals surface area contributed by atoms with Crippen molar-refractivity contribution in [1.29, 1.82) is 0 Å². The number of ether oxygens (including phenoxy) is 1. The molecule has 0 spiro atoms. The third kappa shape index (κ3) is 0.788. The summed E-state index contributed by atoms with van der Waals surface area (Å²) in [6.45, 7) is 4.50. The Kier molecular flexibility index (Phi) is 1.82. The quantitative estimate of drug-likeness (QED) is 0.354. The third-order valence-electron chi connectivity index (χ3n) is 5.55. The lowest BCUT2D eigenvalue weighted by Gasteiger charge is -2.39. The van der Waals surface area contributed by atoms with Crippen molar-refractivity contribution >= 4 is 11.6 Å². The van der Waals surface area contributed by atoms with Gasteiger partial charge in [0.25, 0.3) is 5.91 Å². The number of hydrogen-bond acceptors (Lipinski definition) is 5. The molecular weight excluding hydrogens is 224 g/mol. The predicted molar refractivity (Wildman–Crippen MR) is 56.8 cm³/mol. The van der Waals surface area contributed by atoms with Crippen molar-refractivity contribution in [3.05, 3.63) is 0 Å². The van der Waals surface area contributed by atoms with E-state index in [-0.39, 0.29) is 11.3 Å². The molecule has 3 fully saturated rings. The first-order valence-electron chi connectivity index (χ1n) is 5.79. The molecule has 0 aromatic carbocycles. The van der Waals surface area contributed by atoms with E-state index < -0.39 is 16.9 Å². The van der Waals surface area contributed by atoms with Crippen LogP contribution in [0, 0.1) is 16.7 Å². The number of nitrogens with zero attached hydrogens (tertiary/aromatic N) is 1. The second-order valence-electron chi connectivity index (χ2n) is 5.74. The number of amides is 1. The molecule has 1 heterocycles. The average Bonchev–Trinajstić information content (AvgIpc) is 2.78. The van der Waals surface area contributed by atoms with Gasteiger partial charge in [0.05, 0.1) is 6.61 Å². The van der Waals surface area contributed by atoms with Crippen molar-refractivity contribution in [3.63, 3.8) is 0 Å². The van der Waals surface area contributed by atoms with Crippen LogP contribution in [0.5, 0.6) is 0 Å². The Morgan fingerprint density at radius 1 is 1.59 bits per heavy atom. The monoisotopic (exact) mass is 240 g/mol. The van der Waals surface area contributed by atoms with Crippen LogP contribution in [0.25, 0.3) is 0 Å². The van der Waals surface area contributed by atoms with Gasteiger partial charge >= 0.3 is 0 Å². The Labute approximate surface area is 98.6 Å². The molecule has 1 saturated heterocycles. The maximum Gasteiger partial charge on any atom is 0.282 e. The zero-order chi connectivity index (χ0) is 12.5. The molecule has 4 atom stereocenters. The minimum Gasteiger partial charge on any atom is -0.411 e. The van der Waals surface area contributed by atoms with E-state index >= 15 is 0 Å². The Bertz CT molecular complexity index is 437. The van der Waals surface area contributed by atoms with E-state index in [1.807, 2.05) is 6.92 Å². The Morgan fingerprint density at radius 3 is 2.88 bits per heavy atom. The lowest BCUT2D eigenvalue weighted by molar-refractivity contribution is -0.150. The van der Waals surface area contributed by atoms with Gasteiger partial charge in [-0.2, -0.15) is 0 Å². The minimum atomic E-state index is -1.30. The molecule has 4 bridgehead atoms. The SMILES string of the molecule is C[C@@]12CC[C@H]3/C(=N\O)[C@@]1(C(=O)NO)OC[C@@]32C. The largest absolute Gasteiger partial charge is 0.411 e. The summed E-state index contributed by atoms with van der Waals surface area (Å²) in [6.07, 6.45) is 1.73. The summed E-state index contributed by atoms with van der Waals surface area (Å²) in [6, 6.07) is 0. The molecule has 0 unspecified atom stereocenters. The fraction of sp³-hybridized carbons (Fsp3) is 0.818. The average molecular weight is 240 g/mol. The third-order valence-corrected chi connectivity index (χ3v) is 5.55. The number of carbonyl (C=O) groups is 1. The van der Waals surface area contributed by atoms with Crippen LogP contribution in [0.3, 0.4) is 0 Å². The van der Waals surface area contributed by atoms with Gasteiger partial charge in [-0.1, -0.05) is 19.0 Å². The number of carbonyl (C=O) groups excluding carboxylic acids is 1. The summed E-state index contributed by atoms with van der Waals surface area (Å²) >= 11 is 0. The number of oxime groups is 1. The zero-order valence-electron chi connectivity index (χ0n) is 9.86. The fourth-order valence-corrected chi connectivity index (χ4v) is 4.37. The van der Waals surface area contributed by atoms with Crippen molar-refractivity contribution in [1.82, 2.24) is 5.48 Å². The number of hydroxylamine groups is 1. The van der Waals surface area contributed by atoms with E-state index in [1.54, 1.807) is 5.48 Å². The number of nitrogens with one attached hydrogen (secondary N) is 1. The predicted octanol–water partition coefficient (Wildman–Crippen LogP) is 0.527. The van der Waals surface area contributed by atoms with Crippen molar-refractivity contribution in [2.75, 3.05) is 6.61 Å². The zero-order valence-corrected chi connectivity index (χ0v) is 9.86. The Morgan fingerprint density at radius 2 is 2.29 bits per heavy atom. The van der Waals surface area contributed by atoms with Crippen LogP contribution < -0.4 is 5.48 Å². The van der Waals surface area contributed by atoms with Gasteiger partial charge in [0.15, 0.2) is 5.60 Å². The minimum absolute atomic E-state index is 0.0588. The van der Waals surface area contributed by atoms with Crippen molar-refractivity contribution < 1.29 is 19.9 Å². The molecule has 2 saturated carbocycles. The first-order chi connectivity index (χ1) is 7.98. The van der Waals surface area contributed by atoms with Gasteiger partial charge in [-0.3, -0.25) is 10.0 Å². The van der Waals surface area contributed by atoms with Crippen LogP contribution in [0.4, 0.5) is 0 Å². The topological polar surface area (TPSA) is 91.2 Å². The highest BCUT2D eigenvalue weighted by molar-refractivity contribution is 6.17. The molecule has 0 radical (unpaired) electrons. The fourth-order valence-electron chi connectivity index (χ4n) is 4.37. The summed E-state index contributed by atoms with van der Waals surface area (Å²) in [4.78, 5) is 12.0. The molecule has 1 aliphatic heterocycles. The van der Waals surface area contributed by atoms with Crippen LogP contribution in [-0.2, 0) is 9.53 Å². The lowest BCUT2D eigenvalue weighted by Crippen LogP contribution is -2.60. The van der Waals surface area contributed by atoms with E-state index in [0.717, 1.165) is 12.8 Å². The van der Waals surface area contributed by atoms with Gasteiger partial charge in [-0.25, -0.2) is 5.48 Å². The Hall–Kier alpha value is -1.14. The van der Waals surface area contributed by atoms with E-state index in [0.29, 0.717) is 12.3 Å². The van der Waals surface area contributed by atoms with Gasteiger partial charge in [-0.15, -0.1) is 0 Å². The van der Waals surface area contributed by atoms with E-state index in [9.17, 15) is 10.0 Å². The molecule has 94 valence electrons. The van der Waals surface area contributed by atoms with Gasteiger partial charge in [0, 0.05) is 16.7 Å². The van der Waals surface area contributed by atoms with Crippen LogP contribution in [0.2, 0.25) is 0 Å². The van der Waals surface area contributed by atoms with Gasteiger partial charge in [0.2, 0.25) is 0 Å². The lowest BCUT2D eigenvalue weighted by atomic mass is 9.66. The molecule has 3 rings (SSSR count). The van der Waals surface area contributed by atoms with Crippen molar-refractivity contribution in [3.8, 4) is 0 Å². The number of rotatable bonds is 1. The van der Waals surface area contributed by atoms with E-state index in [4.69, 9.17) is 9.94 Å². The second-order valence-corrected chi connectivity index (χ2v) is 5.74. The van der Waals surface area contributed by atoms with Crippen molar-refractivity contribution in [2.45, 2.75) is 32.3 Å². The molecule has 3 N–H and O–H groups in total. The normalized spacial score (nSPS) is 53.4. The van der Waals surface area contributed by atoms with E-state index in [1.165, 1.54) is 0 Å². The molecule has 6 heteroatoms. The first kappa shape index (κ1) is 11.0. The summed E-state index contributed by atoms with van der Waals surface area (Å²) in [7, 11) is 0. The highest BCUT2D eigenvalue weighted by atomic mass is 16.5. The Balaban J connectivity index is 2.25. The molecule has 0 aromatic rings. The summed E-state index contributed by atoms with van der Waals surface area (Å²) in [5.74, 6) is -0.567. The van der Waals surface area contributed by atoms with Crippen LogP contribution in [0.1, 0.15) is 26.7 Å². The highest BCUT2D eigenvalue weighted by Crippen LogP contribution is 2.73. The van der Waals surface area contributed by atoms with Crippen LogP contribution in [-0.4, -0.2) is 34.2 Å². The van der Waals surface area contributed by atoms with Gasteiger partial charge in [0.1, 0.15) is 5.71 Å². The number of hydrogen-bond donors (Lipinski definition) is 3. The molecule has 1 amide bonds. The highest BCUT2D eigenvalue weighted by Gasteiger charge is 2.82. The maximum atomic E-state index is 12.0. The summed E-state index contributed by atoms with van der Waals surface area (Å²) in [5.41, 5.74) is 0.120. The maximum absolute atomic E-state index is 12.0. The van der Waals surface area contributed by atoms with Gasteiger partial charge < -0.3 is 9.94 Å². The smallest absolute Gasteiger partial charge is 0.282 e. The first-order valence-corrected chi connectivity index (χ1v) is 5.79. The van der Waals surface area contributed by atoms with Crippen LogP contribution >= 0.6 is 0 Å². The molecule has 2 aliphatic carbocycles. The second kappa shape index (κ2) is 2.81. The van der Waals surface area contributed by atoms with Crippen molar-refractivity contribution in [2.24, 2.45) is 21.9 Å². The summed E-state index contributed by atoms with van der Waals surface area (Å²) in [5, 5.41) is 21.4. The van der Waals surface area contributed by atoms with E-state index in [2.05, 4.69) is 12.1 Å². The molecule has 3 aliphatic rings. The standard InChI is InChI=1S/C11H16N2O4/c1-9-5-17-11(8(14)13-16)7(12-15)6(9)3-4-10(9,11)2/h6,15-16H,3-5H2,1-2H3,(H,13,14)/b12-7+/t6-,9-,10-,11-/m0/s1. The molecule has 0 aromatic heterocycles. The van der Waals surface area contributed by atoms with Gasteiger partial charge in [-0.05, 0) is 12.8 Å². The summed E-state index contributed by atoms with van der Waals surface area (Å²) < 4.78 is 5.67.